The monoisotopic (exact) mass is 403 g/mol. The van der Waals surface area contributed by atoms with Crippen LogP contribution in [0, 0.1) is 6.92 Å². The fraction of sp³-hybridized carbons (Fsp3) is 0.286. The molecule has 2 aromatic carbocycles. The van der Waals surface area contributed by atoms with Crippen molar-refractivity contribution in [1.82, 2.24) is 5.32 Å². The number of rotatable bonds is 9. The van der Waals surface area contributed by atoms with E-state index in [-0.39, 0.29) is 12.8 Å². The third-order valence-corrected chi connectivity index (χ3v) is 4.01. The van der Waals surface area contributed by atoms with E-state index in [2.05, 4.69) is 5.32 Å². The van der Waals surface area contributed by atoms with Crippen molar-refractivity contribution < 1.29 is 23.9 Å². The smallest absolute Gasteiger partial charge is 0.306 e. The first-order valence-electron chi connectivity index (χ1n) is 8.85. The summed E-state index contributed by atoms with van der Waals surface area (Å²) in [7, 11) is 0. The van der Waals surface area contributed by atoms with Gasteiger partial charge in [-0.1, -0.05) is 41.9 Å². The van der Waals surface area contributed by atoms with E-state index in [1.807, 2.05) is 25.1 Å². The quantitative estimate of drug-likeness (QED) is 0.513. The Bertz CT molecular complexity index is 823. The number of carbonyl (C=O) groups is 3. The van der Waals surface area contributed by atoms with Gasteiger partial charge in [0, 0.05) is 11.4 Å². The van der Waals surface area contributed by atoms with Gasteiger partial charge in [0.05, 0.1) is 13.0 Å². The molecular formula is C21H22ClNO5. The molecule has 148 valence electrons. The molecular weight excluding hydrogens is 382 g/mol. The van der Waals surface area contributed by atoms with Gasteiger partial charge < -0.3 is 9.47 Å². The van der Waals surface area contributed by atoms with Crippen molar-refractivity contribution in [3.63, 3.8) is 0 Å². The van der Waals surface area contributed by atoms with Crippen molar-refractivity contribution in [2.45, 2.75) is 26.2 Å². The summed E-state index contributed by atoms with van der Waals surface area (Å²) in [6.45, 7) is 1.73. The van der Waals surface area contributed by atoms with E-state index in [1.54, 1.807) is 30.3 Å². The van der Waals surface area contributed by atoms with E-state index in [0.717, 1.165) is 11.1 Å². The molecule has 0 unspecified atom stereocenters. The number of carbonyl (C=O) groups excluding carboxylic acids is 3. The van der Waals surface area contributed by atoms with E-state index in [4.69, 9.17) is 21.1 Å². The van der Waals surface area contributed by atoms with Gasteiger partial charge in [-0.15, -0.1) is 0 Å². The highest BCUT2D eigenvalue weighted by atomic mass is 35.5. The van der Waals surface area contributed by atoms with E-state index in [0.29, 0.717) is 23.8 Å². The van der Waals surface area contributed by atoms with E-state index in [9.17, 15) is 14.4 Å². The molecule has 2 aromatic rings. The number of aryl methyl sites for hydroxylation is 1. The maximum atomic E-state index is 11.8. The maximum absolute atomic E-state index is 11.8. The van der Waals surface area contributed by atoms with Crippen LogP contribution in [0.1, 0.15) is 24.0 Å². The van der Waals surface area contributed by atoms with Gasteiger partial charge in [-0.3, -0.25) is 19.7 Å². The Kier molecular flexibility index (Phi) is 8.49. The maximum Gasteiger partial charge on any atom is 0.306 e. The van der Waals surface area contributed by atoms with Crippen LogP contribution in [-0.4, -0.2) is 31.0 Å². The zero-order valence-electron chi connectivity index (χ0n) is 15.6. The summed E-state index contributed by atoms with van der Waals surface area (Å²) in [4.78, 5) is 35.1. The molecule has 0 aromatic heterocycles. The van der Waals surface area contributed by atoms with Crippen LogP contribution in [0.2, 0.25) is 5.02 Å². The number of imide groups is 1. The van der Waals surface area contributed by atoms with Crippen LogP contribution in [0.15, 0.2) is 48.5 Å². The van der Waals surface area contributed by atoms with Crippen LogP contribution >= 0.6 is 11.6 Å². The normalized spacial score (nSPS) is 10.2. The molecule has 0 bridgehead atoms. The molecule has 1 N–H and O–H groups in total. The summed E-state index contributed by atoms with van der Waals surface area (Å²) >= 11 is 5.88. The molecule has 0 aliphatic rings. The molecule has 0 heterocycles. The average molecular weight is 404 g/mol. The van der Waals surface area contributed by atoms with Gasteiger partial charge in [0.2, 0.25) is 5.91 Å². The summed E-state index contributed by atoms with van der Waals surface area (Å²) in [6, 6.07) is 14.3. The Morgan fingerprint density at radius 3 is 2.50 bits per heavy atom. The van der Waals surface area contributed by atoms with Crippen LogP contribution in [-0.2, 0) is 25.5 Å². The van der Waals surface area contributed by atoms with Crippen LogP contribution in [0.4, 0.5) is 0 Å². The van der Waals surface area contributed by atoms with Gasteiger partial charge in [-0.05, 0) is 42.7 Å². The third kappa shape index (κ3) is 7.80. The highest BCUT2D eigenvalue weighted by molar-refractivity contribution is 6.30. The van der Waals surface area contributed by atoms with Crippen molar-refractivity contribution in [3.8, 4) is 5.75 Å². The summed E-state index contributed by atoms with van der Waals surface area (Å²) in [5.74, 6) is -0.919. The molecule has 0 fully saturated rings. The number of halogens is 1. The number of esters is 1. The molecule has 0 radical (unpaired) electrons. The molecule has 0 saturated heterocycles. The van der Waals surface area contributed by atoms with Crippen molar-refractivity contribution in [2.24, 2.45) is 0 Å². The number of nitrogens with one attached hydrogen (secondary N) is 1. The molecule has 6 nitrogen and oxygen atoms in total. The first-order valence-corrected chi connectivity index (χ1v) is 9.23. The van der Waals surface area contributed by atoms with Crippen molar-refractivity contribution >= 4 is 29.4 Å². The molecule has 0 spiro atoms. The lowest BCUT2D eigenvalue weighted by molar-refractivity contribution is -0.149. The van der Waals surface area contributed by atoms with Crippen LogP contribution in [0.3, 0.4) is 0 Å². The largest absolute Gasteiger partial charge is 0.493 e. The topological polar surface area (TPSA) is 81.7 Å². The summed E-state index contributed by atoms with van der Waals surface area (Å²) in [6.07, 6.45) is 0.634. The predicted octanol–water partition coefficient (Wildman–Crippen LogP) is 3.24. The minimum Gasteiger partial charge on any atom is -0.493 e. The standard InChI is InChI=1S/C21H22ClNO5/c1-15-12-17(22)9-10-18(15)27-11-5-8-21(26)28-14-20(25)23-19(24)13-16-6-3-2-4-7-16/h2-4,6-7,9-10,12H,5,8,11,13-14H2,1H3,(H,23,24,25). The van der Waals surface area contributed by atoms with Gasteiger partial charge in [-0.25, -0.2) is 0 Å². The SMILES string of the molecule is Cc1cc(Cl)ccc1OCCCC(=O)OCC(=O)NC(=O)Cc1ccccc1. The number of ether oxygens (including phenoxy) is 2. The summed E-state index contributed by atoms with van der Waals surface area (Å²) < 4.78 is 10.5. The first-order chi connectivity index (χ1) is 13.4. The Morgan fingerprint density at radius 2 is 1.79 bits per heavy atom. The van der Waals surface area contributed by atoms with Gasteiger partial charge in [0.1, 0.15) is 5.75 Å². The Morgan fingerprint density at radius 1 is 1.04 bits per heavy atom. The van der Waals surface area contributed by atoms with Gasteiger partial charge in [0.15, 0.2) is 6.61 Å². The Labute approximate surface area is 168 Å². The lowest BCUT2D eigenvalue weighted by atomic mass is 10.1. The Hall–Kier alpha value is -2.86. The van der Waals surface area contributed by atoms with E-state index < -0.39 is 24.4 Å². The first kappa shape index (κ1) is 21.4. The summed E-state index contributed by atoms with van der Waals surface area (Å²) in [5, 5.41) is 2.83. The predicted molar refractivity (Wildman–Crippen MR) is 105 cm³/mol. The van der Waals surface area contributed by atoms with Gasteiger partial charge in [0.25, 0.3) is 5.91 Å². The highest BCUT2D eigenvalue weighted by Gasteiger charge is 2.11. The molecule has 0 atom stereocenters. The fourth-order valence-corrected chi connectivity index (χ4v) is 2.64. The highest BCUT2D eigenvalue weighted by Crippen LogP contribution is 2.21. The second-order valence-electron chi connectivity index (χ2n) is 6.16. The molecule has 28 heavy (non-hydrogen) atoms. The van der Waals surface area contributed by atoms with E-state index in [1.165, 1.54) is 0 Å². The minimum atomic E-state index is -0.651. The number of amides is 2. The van der Waals surface area contributed by atoms with Crippen LogP contribution in [0.25, 0.3) is 0 Å². The number of hydrogen-bond acceptors (Lipinski definition) is 5. The summed E-state index contributed by atoms with van der Waals surface area (Å²) in [5.41, 5.74) is 1.70. The average Bonchev–Trinajstić information content (AvgIpc) is 2.65. The second kappa shape index (κ2) is 11.1. The number of benzene rings is 2. The van der Waals surface area contributed by atoms with Crippen molar-refractivity contribution in [2.75, 3.05) is 13.2 Å². The lowest BCUT2D eigenvalue weighted by Gasteiger charge is -2.09. The van der Waals surface area contributed by atoms with Gasteiger partial charge >= 0.3 is 5.97 Å². The van der Waals surface area contributed by atoms with E-state index >= 15 is 0 Å². The fourth-order valence-electron chi connectivity index (χ4n) is 2.41. The van der Waals surface area contributed by atoms with Crippen LogP contribution in [0.5, 0.6) is 5.75 Å². The van der Waals surface area contributed by atoms with Crippen molar-refractivity contribution in [3.05, 3.63) is 64.7 Å². The zero-order valence-corrected chi connectivity index (χ0v) is 16.3. The minimum absolute atomic E-state index is 0.0853. The molecule has 2 amide bonds. The molecule has 0 aliphatic carbocycles. The molecule has 0 aliphatic heterocycles. The molecule has 2 rings (SSSR count). The van der Waals surface area contributed by atoms with Crippen LogP contribution < -0.4 is 10.1 Å². The number of hydrogen-bond donors (Lipinski definition) is 1. The zero-order chi connectivity index (χ0) is 20.4. The Balaban J connectivity index is 1.59. The lowest BCUT2D eigenvalue weighted by Crippen LogP contribution is -2.35. The molecule has 7 heteroatoms. The molecule has 0 saturated carbocycles. The third-order valence-electron chi connectivity index (χ3n) is 3.77. The van der Waals surface area contributed by atoms with Gasteiger partial charge in [-0.2, -0.15) is 0 Å². The van der Waals surface area contributed by atoms with Crippen molar-refractivity contribution in [1.29, 1.82) is 0 Å². The second-order valence-corrected chi connectivity index (χ2v) is 6.59.